The Morgan fingerprint density at radius 2 is 1.44 bits per heavy atom. The molecule has 226 valence electrons. The van der Waals surface area contributed by atoms with Crippen molar-refractivity contribution >= 4 is 28.6 Å². The molecule has 0 spiro atoms. The van der Waals surface area contributed by atoms with Crippen molar-refractivity contribution in [2.24, 2.45) is 0 Å². The van der Waals surface area contributed by atoms with Gasteiger partial charge in [0.05, 0.1) is 11.6 Å². The van der Waals surface area contributed by atoms with E-state index in [0.29, 0.717) is 16.9 Å². The molecule has 2 saturated heterocycles. The second-order valence-electron chi connectivity index (χ2n) is 10.9. The molecule has 0 saturated carbocycles. The van der Waals surface area contributed by atoms with Gasteiger partial charge in [-0.1, -0.05) is 6.07 Å². The lowest BCUT2D eigenvalue weighted by atomic mass is 9.92. The number of ether oxygens (including phenoxy) is 2. The molecular weight excluding hydrogens is 572 g/mol. The third kappa shape index (κ3) is 6.57. The smallest absolute Gasteiger partial charge is 0.341 e. The first-order valence-electron chi connectivity index (χ1n) is 14.6. The van der Waals surface area contributed by atoms with Gasteiger partial charge >= 0.3 is 11.9 Å². The van der Waals surface area contributed by atoms with E-state index in [0.717, 1.165) is 79.4 Å². The van der Waals surface area contributed by atoms with Crippen LogP contribution in [0.25, 0.3) is 33.4 Å². The zero-order valence-corrected chi connectivity index (χ0v) is 24.6. The van der Waals surface area contributed by atoms with Crippen molar-refractivity contribution in [1.82, 2.24) is 4.58 Å². The summed E-state index contributed by atoms with van der Waals surface area (Å²) in [5, 5.41) is 20.6. The minimum atomic E-state index is -1.12. The van der Waals surface area contributed by atoms with Gasteiger partial charge in [0.1, 0.15) is 35.9 Å². The van der Waals surface area contributed by atoms with Crippen LogP contribution in [0.1, 0.15) is 38.5 Å². The van der Waals surface area contributed by atoms with Crippen LogP contribution in [0.15, 0.2) is 59.0 Å². The van der Waals surface area contributed by atoms with Crippen LogP contribution in [0, 0.1) is 0 Å². The van der Waals surface area contributed by atoms with E-state index in [1.54, 1.807) is 18.2 Å². The highest BCUT2D eigenvalue weighted by atomic mass is 35.5. The predicted molar refractivity (Wildman–Crippen MR) is 159 cm³/mol. The fraction of sp³-hybridized carbons (Fsp3) is 0.364. The van der Waals surface area contributed by atoms with Crippen molar-refractivity contribution in [3.8, 4) is 33.9 Å². The summed E-state index contributed by atoms with van der Waals surface area (Å²) >= 11 is 0. The summed E-state index contributed by atoms with van der Waals surface area (Å²) in [6.45, 7) is 2.85. The molecule has 0 radical (unpaired) electrons. The maximum atomic E-state index is 11.5. The number of carboxylic acid groups (broad SMARTS) is 2. The largest absolute Gasteiger partial charge is 1.00 e. The Labute approximate surface area is 255 Å². The fourth-order valence-electron chi connectivity index (χ4n) is 6.11. The fourth-order valence-corrected chi connectivity index (χ4v) is 6.11. The number of benzene rings is 3. The van der Waals surface area contributed by atoms with Crippen molar-refractivity contribution in [2.75, 3.05) is 44.3 Å². The van der Waals surface area contributed by atoms with Gasteiger partial charge in [0.2, 0.25) is 5.36 Å². The Morgan fingerprint density at radius 1 is 0.791 bits per heavy atom. The van der Waals surface area contributed by atoms with Gasteiger partial charge in [0, 0.05) is 60.3 Å². The van der Waals surface area contributed by atoms with E-state index >= 15 is 0 Å². The van der Waals surface area contributed by atoms with Crippen LogP contribution < -0.4 is 36.7 Å². The number of hydrogen-bond acceptors (Lipinski definition) is 6. The number of fused-ring (bicyclic) bond motifs is 2. The van der Waals surface area contributed by atoms with Crippen LogP contribution in [0.4, 0.5) is 5.69 Å². The van der Waals surface area contributed by atoms with Crippen LogP contribution in [0.2, 0.25) is 0 Å². The first kappa shape index (κ1) is 30.2. The zero-order valence-electron chi connectivity index (χ0n) is 23.9. The normalized spacial score (nSPS) is 15.3. The summed E-state index contributed by atoms with van der Waals surface area (Å²) in [5.41, 5.74) is 3.78. The third-order valence-corrected chi connectivity index (χ3v) is 8.07. The Hall–Kier alpha value is -4.24. The van der Waals surface area contributed by atoms with E-state index in [-0.39, 0.29) is 23.9 Å². The van der Waals surface area contributed by atoms with Crippen LogP contribution in [0.5, 0.6) is 11.5 Å². The maximum Gasteiger partial charge on any atom is 0.341 e. The molecule has 43 heavy (non-hydrogen) atoms. The summed E-state index contributed by atoms with van der Waals surface area (Å²) < 4.78 is 20.5. The minimum Gasteiger partial charge on any atom is -1.00 e. The van der Waals surface area contributed by atoms with Crippen LogP contribution in [0.3, 0.4) is 0 Å². The molecule has 2 aromatic carbocycles. The number of aliphatic carboxylic acids is 2. The van der Waals surface area contributed by atoms with Gasteiger partial charge in [0.25, 0.3) is 0 Å². The van der Waals surface area contributed by atoms with Gasteiger partial charge in [0.15, 0.2) is 13.2 Å². The van der Waals surface area contributed by atoms with Crippen molar-refractivity contribution < 1.29 is 46.1 Å². The average molecular weight is 607 g/mol. The minimum absolute atomic E-state index is 0. The van der Waals surface area contributed by atoms with E-state index in [1.807, 2.05) is 12.1 Å². The van der Waals surface area contributed by atoms with Crippen molar-refractivity contribution in [3.63, 3.8) is 0 Å². The van der Waals surface area contributed by atoms with Crippen LogP contribution >= 0.6 is 0 Å². The number of nitrogens with zero attached hydrogens (tertiary/aromatic N) is 2. The lowest BCUT2D eigenvalue weighted by Gasteiger charge is -2.29. The molecule has 1 aliphatic carbocycles. The molecule has 2 fully saturated rings. The quantitative estimate of drug-likeness (QED) is 0.232. The van der Waals surface area contributed by atoms with Crippen LogP contribution in [-0.4, -0.2) is 61.5 Å². The zero-order chi connectivity index (χ0) is 29.1. The molecule has 2 N–H and O–H groups in total. The highest BCUT2D eigenvalue weighted by molar-refractivity contribution is 6.05. The third-order valence-electron chi connectivity index (χ3n) is 8.07. The standard InChI is InChI=1S/C33H34N2O7.ClH/c36-30(37)20-40-26-8-7-9-27(41-21-31(38)39)33(26)32-24-12-10-22(34-14-3-1-4-15-34)18-28(24)42-29-19-23(11-13-25(29)32)35-16-5-2-6-17-35;/h7-13,18-19H,1-6,14-17,20-21H2,(H-,36,37,38,39);1H. The van der Waals surface area contributed by atoms with Gasteiger partial charge < -0.3 is 41.4 Å². The van der Waals surface area contributed by atoms with Gasteiger partial charge in [-0.2, -0.15) is 0 Å². The molecule has 9 nitrogen and oxygen atoms in total. The number of anilines is 1. The highest BCUT2D eigenvalue weighted by Gasteiger charge is 2.26. The van der Waals surface area contributed by atoms with E-state index in [9.17, 15) is 19.8 Å². The van der Waals surface area contributed by atoms with Gasteiger partial charge in [-0.05, 0) is 56.0 Å². The SMILES string of the molecule is O=C(O)COc1cccc(OCC(=O)O)c1-c1c2ccc(=[N+]3CCCCC3)cc-2oc2cc(N3CCCCC3)ccc12.[Cl-]. The number of halogens is 1. The molecule has 3 aliphatic heterocycles. The number of carboxylic acids is 2. The molecule has 0 atom stereocenters. The van der Waals surface area contributed by atoms with Crippen molar-refractivity contribution in [2.45, 2.75) is 38.5 Å². The van der Waals surface area contributed by atoms with Gasteiger partial charge in [-0.3, -0.25) is 0 Å². The number of hydrogen-bond donors (Lipinski definition) is 2. The summed E-state index contributed by atoms with van der Waals surface area (Å²) in [7, 11) is 0. The predicted octanol–water partition coefficient (Wildman–Crippen LogP) is 2.08. The van der Waals surface area contributed by atoms with Gasteiger partial charge in [-0.15, -0.1) is 0 Å². The van der Waals surface area contributed by atoms with E-state index < -0.39 is 25.2 Å². The first-order valence-corrected chi connectivity index (χ1v) is 14.6. The number of carbonyl (C=O) groups is 2. The summed E-state index contributed by atoms with van der Waals surface area (Å²) in [6, 6.07) is 17.4. The monoisotopic (exact) mass is 606 g/mol. The Balaban J connectivity index is 0.00000368. The Bertz CT molecular complexity index is 1630. The Morgan fingerprint density at radius 3 is 2.09 bits per heavy atom. The molecule has 2 aromatic rings. The molecule has 6 rings (SSSR count). The second-order valence-corrected chi connectivity index (χ2v) is 10.9. The number of piperidine rings is 2. The van der Waals surface area contributed by atoms with Crippen molar-refractivity contribution in [1.29, 1.82) is 0 Å². The van der Waals surface area contributed by atoms with Crippen molar-refractivity contribution in [3.05, 3.63) is 60.0 Å². The molecule has 4 aliphatic rings. The second kappa shape index (κ2) is 13.4. The first-order chi connectivity index (χ1) is 20.5. The summed E-state index contributed by atoms with van der Waals surface area (Å²) in [4.78, 5) is 25.3. The molecule has 0 aromatic heterocycles. The molecule has 3 heterocycles. The molecule has 0 amide bonds. The summed E-state index contributed by atoms with van der Waals surface area (Å²) in [6.07, 6.45) is 7.06. The highest BCUT2D eigenvalue weighted by Crippen LogP contribution is 2.48. The van der Waals surface area contributed by atoms with E-state index in [1.165, 1.54) is 12.8 Å². The molecule has 10 heteroatoms. The average Bonchev–Trinajstić information content (AvgIpc) is 3.02. The van der Waals surface area contributed by atoms with E-state index in [4.69, 9.17) is 13.9 Å². The molecule has 0 bridgehead atoms. The Kier molecular flexibility index (Phi) is 9.40. The lowest BCUT2D eigenvalue weighted by Crippen LogP contribution is -3.00. The maximum absolute atomic E-state index is 11.5. The van der Waals surface area contributed by atoms with Gasteiger partial charge in [-0.25, -0.2) is 14.2 Å². The molecule has 0 unspecified atom stereocenters. The number of rotatable bonds is 8. The lowest BCUT2D eigenvalue weighted by molar-refractivity contribution is -0.140. The summed E-state index contributed by atoms with van der Waals surface area (Å²) in [5.74, 6) is -0.988. The van der Waals surface area contributed by atoms with Crippen LogP contribution in [-0.2, 0) is 9.59 Å². The topological polar surface area (TPSA) is 112 Å². The van der Waals surface area contributed by atoms with E-state index in [2.05, 4.69) is 33.7 Å². The molecular formula is C33H35ClN2O7.